The normalized spacial score (nSPS) is 21.1. The van der Waals surface area contributed by atoms with Gasteiger partial charge in [0.15, 0.2) is 0 Å². The second-order valence-electron chi connectivity index (χ2n) is 6.65. The number of carbonyl (C=O) groups excluding carboxylic acids is 2. The van der Waals surface area contributed by atoms with Gasteiger partial charge in [-0.05, 0) is 37.5 Å². The van der Waals surface area contributed by atoms with Gasteiger partial charge in [0.25, 0.3) is 5.91 Å². The van der Waals surface area contributed by atoms with E-state index in [2.05, 4.69) is 11.4 Å². The zero-order valence-corrected chi connectivity index (χ0v) is 14.9. The van der Waals surface area contributed by atoms with Gasteiger partial charge in [0.05, 0.1) is 13.2 Å². The van der Waals surface area contributed by atoms with Crippen LogP contribution in [0.15, 0.2) is 24.3 Å². The summed E-state index contributed by atoms with van der Waals surface area (Å²) in [4.78, 5) is 28.5. The molecule has 136 valence electrons. The second-order valence-corrected chi connectivity index (χ2v) is 6.65. The first-order chi connectivity index (χ1) is 12.2. The Hall–Kier alpha value is -2.08. The van der Waals surface area contributed by atoms with Crippen molar-refractivity contribution in [1.29, 1.82) is 0 Å². The topological polar surface area (TPSA) is 61.9 Å². The van der Waals surface area contributed by atoms with Crippen molar-refractivity contribution in [2.75, 3.05) is 45.9 Å². The molecular weight excluding hydrogens is 318 g/mol. The van der Waals surface area contributed by atoms with Crippen LogP contribution in [0.3, 0.4) is 0 Å². The molecule has 1 atom stereocenters. The lowest BCUT2D eigenvalue weighted by molar-refractivity contribution is 0.0303. The Bertz CT molecular complexity index is 614. The summed E-state index contributed by atoms with van der Waals surface area (Å²) >= 11 is 0. The van der Waals surface area contributed by atoms with Gasteiger partial charge in [-0.1, -0.05) is 12.1 Å². The molecule has 0 aliphatic carbocycles. The lowest BCUT2D eigenvalue weighted by atomic mass is 9.89. The number of morpholine rings is 1. The summed E-state index contributed by atoms with van der Waals surface area (Å²) in [6.07, 6.45) is 2.04. The van der Waals surface area contributed by atoms with Crippen LogP contribution in [0.4, 0.5) is 4.79 Å². The molecular formula is C19H27N3O3. The molecule has 0 unspecified atom stereocenters. The van der Waals surface area contributed by atoms with Gasteiger partial charge in [0.1, 0.15) is 0 Å². The molecule has 3 rings (SSSR count). The Morgan fingerprint density at radius 2 is 2.00 bits per heavy atom. The van der Waals surface area contributed by atoms with Crippen LogP contribution < -0.4 is 5.32 Å². The fourth-order valence-electron chi connectivity index (χ4n) is 3.57. The molecule has 3 amide bonds. The van der Waals surface area contributed by atoms with E-state index in [1.54, 1.807) is 0 Å². The molecule has 0 spiro atoms. The molecule has 0 aromatic heterocycles. The Balaban J connectivity index is 1.70. The van der Waals surface area contributed by atoms with Gasteiger partial charge >= 0.3 is 6.03 Å². The number of likely N-dealkylation sites (tertiary alicyclic amines) is 1. The molecule has 1 N–H and O–H groups in total. The number of nitrogens with one attached hydrogen (secondary N) is 1. The third kappa shape index (κ3) is 4.31. The first-order valence-electron chi connectivity index (χ1n) is 9.18. The Morgan fingerprint density at radius 1 is 1.20 bits per heavy atom. The lowest BCUT2D eigenvalue weighted by Gasteiger charge is -2.33. The van der Waals surface area contributed by atoms with Crippen molar-refractivity contribution in [3.8, 4) is 0 Å². The largest absolute Gasteiger partial charge is 0.378 e. The highest BCUT2D eigenvalue weighted by Crippen LogP contribution is 2.27. The predicted octanol–water partition coefficient (Wildman–Crippen LogP) is 2.07. The summed E-state index contributed by atoms with van der Waals surface area (Å²) in [5.74, 6) is 0.357. The molecule has 6 heteroatoms. The van der Waals surface area contributed by atoms with E-state index in [0.29, 0.717) is 39.4 Å². The SMILES string of the molecule is CCNC(=O)N1CCC[C@H](c2cccc(C(=O)N3CCOCC3)c2)C1. The summed E-state index contributed by atoms with van der Waals surface area (Å²) in [7, 11) is 0. The fourth-order valence-corrected chi connectivity index (χ4v) is 3.57. The van der Waals surface area contributed by atoms with Crippen LogP contribution >= 0.6 is 0 Å². The number of hydrogen-bond donors (Lipinski definition) is 1. The van der Waals surface area contributed by atoms with Crippen LogP contribution in [-0.2, 0) is 4.74 Å². The highest BCUT2D eigenvalue weighted by atomic mass is 16.5. The van der Waals surface area contributed by atoms with Crippen molar-refractivity contribution >= 4 is 11.9 Å². The number of amides is 3. The summed E-state index contributed by atoms with van der Waals surface area (Å²) in [5, 5.41) is 2.87. The van der Waals surface area contributed by atoms with Gasteiger partial charge in [-0.15, -0.1) is 0 Å². The van der Waals surface area contributed by atoms with Crippen LogP contribution in [0.25, 0.3) is 0 Å². The quantitative estimate of drug-likeness (QED) is 0.912. The molecule has 1 aromatic rings. The minimum Gasteiger partial charge on any atom is -0.378 e. The molecule has 2 fully saturated rings. The number of rotatable bonds is 3. The van der Waals surface area contributed by atoms with Gasteiger partial charge in [-0.3, -0.25) is 4.79 Å². The summed E-state index contributed by atoms with van der Waals surface area (Å²) in [6.45, 7) is 6.60. The van der Waals surface area contributed by atoms with Crippen LogP contribution in [0, 0.1) is 0 Å². The molecule has 2 saturated heterocycles. The second kappa shape index (κ2) is 8.34. The van der Waals surface area contributed by atoms with Gasteiger partial charge in [-0.2, -0.15) is 0 Å². The zero-order chi connectivity index (χ0) is 17.6. The molecule has 6 nitrogen and oxygen atoms in total. The number of benzene rings is 1. The van der Waals surface area contributed by atoms with Crippen LogP contribution in [0.1, 0.15) is 41.6 Å². The maximum Gasteiger partial charge on any atom is 0.317 e. The highest BCUT2D eigenvalue weighted by Gasteiger charge is 2.25. The number of carbonyl (C=O) groups is 2. The number of hydrogen-bond acceptors (Lipinski definition) is 3. The maximum absolute atomic E-state index is 12.7. The summed E-state index contributed by atoms with van der Waals surface area (Å²) in [6, 6.07) is 7.92. The number of nitrogens with zero attached hydrogens (tertiary/aromatic N) is 2. The van der Waals surface area contributed by atoms with Gasteiger partial charge in [0.2, 0.25) is 0 Å². The van der Waals surface area contributed by atoms with E-state index in [9.17, 15) is 9.59 Å². The Labute approximate surface area is 149 Å². The minimum absolute atomic E-state index is 0.00717. The summed E-state index contributed by atoms with van der Waals surface area (Å²) < 4.78 is 5.32. The predicted molar refractivity (Wildman–Crippen MR) is 95.8 cm³/mol. The fraction of sp³-hybridized carbons (Fsp3) is 0.579. The first-order valence-corrected chi connectivity index (χ1v) is 9.18. The van der Waals surface area contributed by atoms with Crippen molar-refractivity contribution in [3.63, 3.8) is 0 Å². The average Bonchev–Trinajstić information content (AvgIpc) is 2.68. The van der Waals surface area contributed by atoms with Crippen LogP contribution in [0.5, 0.6) is 0 Å². The van der Waals surface area contributed by atoms with Crippen molar-refractivity contribution in [2.45, 2.75) is 25.7 Å². The third-order valence-corrected chi connectivity index (χ3v) is 4.94. The molecule has 25 heavy (non-hydrogen) atoms. The van der Waals surface area contributed by atoms with Gasteiger partial charge in [-0.25, -0.2) is 4.79 Å². The van der Waals surface area contributed by atoms with Crippen molar-refractivity contribution < 1.29 is 14.3 Å². The number of urea groups is 1. The summed E-state index contributed by atoms with van der Waals surface area (Å²) in [5.41, 5.74) is 1.88. The van der Waals surface area contributed by atoms with E-state index in [1.807, 2.05) is 34.9 Å². The molecule has 2 aliphatic rings. The molecule has 0 bridgehead atoms. The number of ether oxygens (including phenoxy) is 1. The Kier molecular flexibility index (Phi) is 5.91. The first kappa shape index (κ1) is 17.7. The Morgan fingerprint density at radius 3 is 2.76 bits per heavy atom. The third-order valence-electron chi connectivity index (χ3n) is 4.94. The van der Waals surface area contributed by atoms with Gasteiger partial charge < -0.3 is 19.9 Å². The van der Waals surface area contributed by atoms with E-state index >= 15 is 0 Å². The zero-order valence-electron chi connectivity index (χ0n) is 14.9. The van der Waals surface area contributed by atoms with E-state index in [4.69, 9.17) is 4.74 Å². The van der Waals surface area contributed by atoms with E-state index in [-0.39, 0.29) is 17.9 Å². The maximum atomic E-state index is 12.7. The molecule has 2 heterocycles. The van der Waals surface area contributed by atoms with Crippen molar-refractivity contribution in [2.24, 2.45) is 0 Å². The molecule has 0 radical (unpaired) electrons. The lowest BCUT2D eigenvalue weighted by Crippen LogP contribution is -2.44. The van der Waals surface area contributed by atoms with Crippen molar-refractivity contribution in [1.82, 2.24) is 15.1 Å². The molecule has 2 aliphatic heterocycles. The van der Waals surface area contributed by atoms with E-state index in [0.717, 1.165) is 30.5 Å². The average molecular weight is 345 g/mol. The molecule has 0 saturated carbocycles. The van der Waals surface area contributed by atoms with E-state index in [1.165, 1.54) is 0 Å². The van der Waals surface area contributed by atoms with Crippen molar-refractivity contribution in [3.05, 3.63) is 35.4 Å². The standard InChI is InChI=1S/C19H27N3O3/c1-2-20-19(24)22-8-4-7-17(14-22)15-5-3-6-16(13-15)18(23)21-9-11-25-12-10-21/h3,5-6,13,17H,2,4,7-12,14H2,1H3,(H,20,24)/t17-/m0/s1. The smallest absolute Gasteiger partial charge is 0.317 e. The van der Waals surface area contributed by atoms with Gasteiger partial charge in [0, 0.05) is 44.2 Å². The molecule has 1 aromatic carbocycles. The number of piperidine rings is 1. The highest BCUT2D eigenvalue weighted by molar-refractivity contribution is 5.94. The van der Waals surface area contributed by atoms with E-state index < -0.39 is 0 Å². The van der Waals surface area contributed by atoms with Crippen LogP contribution in [0.2, 0.25) is 0 Å². The monoisotopic (exact) mass is 345 g/mol. The minimum atomic E-state index is 0.00717. The van der Waals surface area contributed by atoms with Crippen LogP contribution in [-0.4, -0.2) is 67.7 Å².